The predicted octanol–water partition coefficient (Wildman–Crippen LogP) is 2.38. The van der Waals surface area contributed by atoms with E-state index < -0.39 is 0 Å². The smallest absolute Gasteiger partial charge is 0.317 e. The van der Waals surface area contributed by atoms with Gasteiger partial charge in [0.1, 0.15) is 0 Å². The molecule has 2 N–H and O–H groups in total. The fourth-order valence-corrected chi connectivity index (χ4v) is 2.45. The van der Waals surface area contributed by atoms with Gasteiger partial charge in [0.15, 0.2) is 0 Å². The monoisotopic (exact) mass is 276 g/mol. The number of nitrogens with one attached hydrogen (secondary N) is 1. The largest absolute Gasteiger partial charge is 0.395 e. The highest BCUT2D eigenvalue weighted by Crippen LogP contribution is 2.28. The first-order valence-corrected chi connectivity index (χ1v) is 7.47. The molecular weight excluding hydrogens is 252 g/mol. The molecule has 1 aromatic rings. The molecule has 2 amide bonds. The van der Waals surface area contributed by atoms with Gasteiger partial charge in [-0.05, 0) is 17.9 Å². The van der Waals surface area contributed by atoms with E-state index in [4.69, 9.17) is 5.11 Å². The van der Waals surface area contributed by atoms with E-state index in [2.05, 4.69) is 5.32 Å². The molecule has 4 heteroatoms. The van der Waals surface area contributed by atoms with Gasteiger partial charge in [0.2, 0.25) is 0 Å². The zero-order valence-corrected chi connectivity index (χ0v) is 11.9. The van der Waals surface area contributed by atoms with Crippen molar-refractivity contribution in [1.29, 1.82) is 0 Å². The molecule has 1 aliphatic rings. The van der Waals surface area contributed by atoms with E-state index in [0.717, 1.165) is 24.4 Å². The van der Waals surface area contributed by atoms with Gasteiger partial charge in [-0.15, -0.1) is 0 Å². The third-order valence-electron chi connectivity index (χ3n) is 3.93. The molecule has 0 atom stereocenters. The van der Waals surface area contributed by atoms with E-state index in [0.29, 0.717) is 13.1 Å². The van der Waals surface area contributed by atoms with Crippen molar-refractivity contribution in [1.82, 2.24) is 10.2 Å². The van der Waals surface area contributed by atoms with E-state index in [1.54, 1.807) is 4.90 Å². The summed E-state index contributed by atoms with van der Waals surface area (Å²) in [5, 5.41) is 12.1. The molecular formula is C16H24N2O2. The van der Waals surface area contributed by atoms with Crippen molar-refractivity contribution < 1.29 is 9.90 Å². The lowest BCUT2D eigenvalue weighted by Crippen LogP contribution is -2.41. The summed E-state index contributed by atoms with van der Waals surface area (Å²) in [5.41, 5.74) is 1.08. The molecule has 2 rings (SSSR count). The third kappa shape index (κ3) is 4.53. The van der Waals surface area contributed by atoms with Gasteiger partial charge in [-0.25, -0.2) is 4.79 Å². The van der Waals surface area contributed by atoms with Crippen LogP contribution in [0.5, 0.6) is 0 Å². The number of amides is 2. The quantitative estimate of drug-likeness (QED) is 0.803. The zero-order chi connectivity index (χ0) is 14.2. The van der Waals surface area contributed by atoms with Gasteiger partial charge < -0.3 is 15.3 Å². The van der Waals surface area contributed by atoms with Crippen LogP contribution in [-0.4, -0.2) is 35.7 Å². The molecule has 1 saturated carbocycles. The predicted molar refractivity (Wildman–Crippen MR) is 79.3 cm³/mol. The number of hydrogen-bond donors (Lipinski definition) is 2. The topological polar surface area (TPSA) is 52.6 Å². The van der Waals surface area contributed by atoms with Crippen molar-refractivity contribution in [3.05, 3.63) is 35.9 Å². The van der Waals surface area contributed by atoms with Crippen molar-refractivity contribution >= 4 is 6.03 Å². The number of benzene rings is 1. The van der Waals surface area contributed by atoms with E-state index in [1.807, 2.05) is 30.3 Å². The number of aliphatic hydroxyl groups is 1. The first kappa shape index (κ1) is 14.9. The second-order valence-corrected chi connectivity index (χ2v) is 5.45. The van der Waals surface area contributed by atoms with Crippen molar-refractivity contribution in [2.45, 2.75) is 32.2 Å². The maximum absolute atomic E-state index is 12.1. The number of carbonyl (C=O) groups is 1. The van der Waals surface area contributed by atoms with Crippen molar-refractivity contribution in [2.75, 3.05) is 19.7 Å². The highest BCUT2D eigenvalue weighted by Gasteiger charge is 2.18. The minimum atomic E-state index is -0.0813. The molecule has 0 bridgehead atoms. The molecule has 0 heterocycles. The molecule has 1 aliphatic carbocycles. The van der Waals surface area contributed by atoms with Crippen LogP contribution >= 0.6 is 0 Å². The second-order valence-electron chi connectivity index (χ2n) is 5.45. The molecule has 110 valence electrons. The Kier molecular flexibility index (Phi) is 5.87. The summed E-state index contributed by atoms with van der Waals surface area (Å²) in [6.07, 6.45) is 5.02. The first-order valence-electron chi connectivity index (χ1n) is 7.47. The number of aliphatic hydroxyl groups excluding tert-OH is 1. The zero-order valence-electron chi connectivity index (χ0n) is 11.9. The number of nitrogens with zero attached hydrogens (tertiary/aromatic N) is 1. The van der Waals surface area contributed by atoms with Gasteiger partial charge in [-0.3, -0.25) is 0 Å². The Morgan fingerprint density at radius 3 is 2.65 bits per heavy atom. The standard InChI is InChI=1S/C16H24N2O2/c19-12-11-18(13-15-5-2-1-3-6-15)16(20)17-10-9-14-7-4-8-14/h1-3,5-6,14,19H,4,7-13H2,(H,17,20). The second kappa shape index (κ2) is 7.90. The SMILES string of the molecule is O=C(NCCC1CCC1)N(CCO)Cc1ccccc1. The van der Waals surface area contributed by atoms with Crippen LogP contribution in [0.1, 0.15) is 31.2 Å². The molecule has 20 heavy (non-hydrogen) atoms. The highest BCUT2D eigenvalue weighted by atomic mass is 16.3. The fourth-order valence-electron chi connectivity index (χ4n) is 2.45. The normalized spacial score (nSPS) is 14.7. The number of urea groups is 1. The Labute approximate surface area is 120 Å². The van der Waals surface area contributed by atoms with Gasteiger partial charge in [-0.2, -0.15) is 0 Å². The van der Waals surface area contributed by atoms with Gasteiger partial charge in [-0.1, -0.05) is 49.6 Å². The average Bonchev–Trinajstić information content (AvgIpc) is 2.42. The van der Waals surface area contributed by atoms with Crippen LogP contribution in [-0.2, 0) is 6.54 Å². The maximum Gasteiger partial charge on any atom is 0.317 e. The van der Waals surface area contributed by atoms with Crippen LogP contribution in [0.2, 0.25) is 0 Å². The van der Waals surface area contributed by atoms with Crippen molar-refractivity contribution in [2.24, 2.45) is 5.92 Å². The molecule has 0 spiro atoms. The van der Waals surface area contributed by atoms with E-state index in [1.165, 1.54) is 19.3 Å². The fraction of sp³-hybridized carbons (Fsp3) is 0.562. The van der Waals surface area contributed by atoms with Crippen LogP contribution in [0.25, 0.3) is 0 Å². The summed E-state index contributed by atoms with van der Waals surface area (Å²) in [6, 6.07) is 9.78. The lowest BCUT2D eigenvalue weighted by molar-refractivity contribution is 0.172. The van der Waals surface area contributed by atoms with Gasteiger partial charge in [0.05, 0.1) is 6.61 Å². The summed E-state index contributed by atoms with van der Waals surface area (Å²) < 4.78 is 0. The van der Waals surface area contributed by atoms with Gasteiger partial charge >= 0.3 is 6.03 Å². The number of hydrogen-bond acceptors (Lipinski definition) is 2. The molecule has 0 unspecified atom stereocenters. The summed E-state index contributed by atoms with van der Waals surface area (Å²) in [4.78, 5) is 13.8. The maximum atomic E-state index is 12.1. The summed E-state index contributed by atoms with van der Waals surface area (Å²) in [5.74, 6) is 0.802. The Balaban J connectivity index is 1.78. The molecule has 0 aromatic heterocycles. The Hall–Kier alpha value is -1.55. The van der Waals surface area contributed by atoms with E-state index in [-0.39, 0.29) is 12.6 Å². The van der Waals surface area contributed by atoms with E-state index >= 15 is 0 Å². The summed E-state index contributed by atoms with van der Waals surface area (Å²) >= 11 is 0. The van der Waals surface area contributed by atoms with Gasteiger partial charge in [0, 0.05) is 19.6 Å². The Bertz CT molecular complexity index is 404. The molecule has 1 fully saturated rings. The molecule has 4 nitrogen and oxygen atoms in total. The molecule has 0 aliphatic heterocycles. The van der Waals surface area contributed by atoms with Crippen LogP contribution in [0.15, 0.2) is 30.3 Å². The first-order chi connectivity index (χ1) is 9.79. The van der Waals surface area contributed by atoms with Crippen molar-refractivity contribution in [3.8, 4) is 0 Å². The molecule has 1 aromatic carbocycles. The lowest BCUT2D eigenvalue weighted by Gasteiger charge is -2.26. The summed E-state index contributed by atoms with van der Waals surface area (Å²) in [7, 11) is 0. The molecule has 0 radical (unpaired) electrons. The molecule has 0 saturated heterocycles. The van der Waals surface area contributed by atoms with E-state index in [9.17, 15) is 4.79 Å². The summed E-state index contributed by atoms with van der Waals surface area (Å²) in [6.45, 7) is 1.63. The highest BCUT2D eigenvalue weighted by molar-refractivity contribution is 5.74. The van der Waals surface area contributed by atoms with Crippen molar-refractivity contribution in [3.63, 3.8) is 0 Å². The van der Waals surface area contributed by atoms with Crippen LogP contribution in [0.4, 0.5) is 4.79 Å². The lowest BCUT2D eigenvalue weighted by atomic mass is 9.83. The number of rotatable bonds is 7. The van der Waals surface area contributed by atoms with Crippen LogP contribution in [0, 0.1) is 5.92 Å². The minimum Gasteiger partial charge on any atom is -0.395 e. The Morgan fingerprint density at radius 1 is 1.30 bits per heavy atom. The third-order valence-corrected chi connectivity index (χ3v) is 3.93. The van der Waals surface area contributed by atoms with Crippen LogP contribution in [0.3, 0.4) is 0 Å². The Morgan fingerprint density at radius 2 is 2.05 bits per heavy atom. The van der Waals surface area contributed by atoms with Crippen LogP contribution < -0.4 is 5.32 Å². The average molecular weight is 276 g/mol. The minimum absolute atomic E-state index is 0.0110. The number of carbonyl (C=O) groups excluding carboxylic acids is 1. The van der Waals surface area contributed by atoms with Gasteiger partial charge in [0.25, 0.3) is 0 Å².